The van der Waals surface area contributed by atoms with E-state index in [4.69, 9.17) is 0 Å². The van der Waals surface area contributed by atoms with Crippen LogP contribution in [0, 0.1) is 24.6 Å². The molecule has 9 heteroatoms. The molecule has 0 aliphatic rings. The van der Waals surface area contributed by atoms with Gasteiger partial charge in [0.05, 0.1) is 6.33 Å². The molecule has 1 amide bonds. The molecule has 0 unspecified atom stereocenters. The van der Waals surface area contributed by atoms with Crippen molar-refractivity contribution in [3.8, 4) is 0 Å². The number of carbonyl (C=O) groups excluding carboxylic acids is 1. The first-order chi connectivity index (χ1) is 14.6. The molecule has 0 saturated heterocycles. The summed E-state index contributed by atoms with van der Waals surface area (Å²) in [5.41, 5.74) is 0.170. The van der Waals surface area contributed by atoms with E-state index in [1.54, 1.807) is 30.0 Å². The standard InChI is InChI=1S/C22H28FN5O3/c1-13(2)9-26-12-24-20-19(26)21(30)28(22(31)27(20)10-14(3)4)11-18(29)25-16-7-6-15(5)17(23)8-16/h6-8,12-14H,9-11H2,1-5H3,(H,25,29). The number of fused-ring (bicyclic) bond motifs is 1. The molecule has 1 aromatic carbocycles. The third-order valence-corrected chi connectivity index (χ3v) is 4.85. The smallest absolute Gasteiger partial charge is 0.324 e. The maximum Gasteiger partial charge on any atom is 0.333 e. The van der Waals surface area contributed by atoms with Gasteiger partial charge in [0.15, 0.2) is 11.2 Å². The van der Waals surface area contributed by atoms with E-state index in [1.165, 1.54) is 10.6 Å². The van der Waals surface area contributed by atoms with E-state index in [-0.39, 0.29) is 17.5 Å². The van der Waals surface area contributed by atoms with Gasteiger partial charge in [-0.3, -0.25) is 14.2 Å². The van der Waals surface area contributed by atoms with Gasteiger partial charge in [-0.1, -0.05) is 33.8 Å². The first kappa shape index (κ1) is 22.5. The zero-order chi connectivity index (χ0) is 22.9. The molecule has 0 spiro atoms. The second-order valence-electron chi connectivity index (χ2n) is 8.65. The summed E-state index contributed by atoms with van der Waals surface area (Å²) in [5.74, 6) is -0.650. The van der Waals surface area contributed by atoms with Crippen molar-refractivity contribution >= 4 is 22.8 Å². The highest BCUT2D eigenvalue weighted by atomic mass is 19.1. The first-order valence-corrected chi connectivity index (χ1v) is 10.3. The van der Waals surface area contributed by atoms with E-state index in [0.717, 1.165) is 4.57 Å². The average molecular weight is 429 g/mol. The minimum atomic E-state index is -0.591. The number of nitrogens with one attached hydrogen (secondary N) is 1. The molecule has 0 atom stereocenters. The number of hydrogen-bond acceptors (Lipinski definition) is 4. The third-order valence-electron chi connectivity index (χ3n) is 4.85. The molecule has 166 valence electrons. The summed E-state index contributed by atoms with van der Waals surface area (Å²) < 4.78 is 17.9. The summed E-state index contributed by atoms with van der Waals surface area (Å²) in [4.78, 5) is 43.2. The lowest BCUT2D eigenvalue weighted by Crippen LogP contribution is -2.43. The zero-order valence-corrected chi connectivity index (χ0v) is 18.5. The molecule has 0 saturated carbocycles. The van der Waals surface area contributed by atoms with Gasteiger partial charge in [-0.2, -0.15) is 0 Å². The number of hydrogen-bond donors (Lipinski definition) is 1. The number of imidazole rings is 1. The van der Waals surface area contributed by atoms with Gasteiger partial charge in [0.1, 0.15) is 12.4 Å². The molecule has 3 aromatic rings. The van der Waals surface area contributed by atoms with E-state index in [9.17, 15) is 18.8 Å². The maximum absolute atomic E-state index is 13.8. The summed E-state index contributed by atoms with van der Waals surface area (Å²) in [6, 6.07) is 4.31. The van der Waals surface area contributed by atoms with Gasteiger partial charge in [-0.25, -0.2) is 18.7 Å². The molecule has 0 fully saturated rings. The Labute approximate surface area is 179 Å². The molecule has 0 radical (unpaired) electrons. The van der Waals surface area contributed by atoms with Crippen molar-refractivity contribution in [2.75, 3.05) is 5.32 Å². The third kappa shape index (κ3) is 4.76. The highest BCUT2D eigenvalue weighted by molar-refractivity contribution is 5.90. The second-order valence-corrected chi connectivity index (χ2v) is 8.65. The molecule has 31 heavy (non-hydrogen) atoms. The van der Waals surface area contributed by atoms with Crippen LogP contribution >= 0.6 is 0 Å². The molecule has 8 nitrogen and oxygen atoms in total. The number of aryl methyl sites for hydroxylation is 1. The van der Waals surface area contributed by atoms with Gasteiger partial charge in [-0.15, -0.1) is 0 Å². The van der Waals surface area contributed by atoms with Crippen LogP contribution in [0.1, 0.15) is 33.3 Å². The summed E-state index contributed by atoms with van der Waals surface area (Å²) in [7, 11) is 0. The van der Waals surface area contributed by atoms with Crippen molar-refractivity contribution in [3.05, 3.63) is 56.7 Å². The number of carbonyl (C=O) groups is 1. The zero-order valence-electron chi connectivity index (χ0n) is 18.5. The monoisotopic (exact) mass is 429 g/mol. The van der Waals surface area contributed by atoms with E-state index >= 15 is 0 Å². The average Bonchev–Trinajstić information content (AvgIpc) is 3.08. The van der Waals surface area contributed by atoms with Crippen LogP contribution in [-0.4, -0.2) is 24.6 Å². The second kappa shape index (κ2) is 8.87. The molecule has 1 N–H and O–H groups in total. The van der Waals surface area contributed by atoms with Crippen molar-refractivity contribution in [2.45, 2.75) is 54.3 Å². The topological polar surface area (TPSA) is 90.9 Å². The van der Waals surface area contributed by atoms with Gasteiger partial charge in [-0.05, 0) is 36.5 Å². The number of anilines is 1. The molecule has 0 aliphatic heterocycles. The van der Waals surface area contributed by atoms with Gasteiger partial charge < -0.3 is 9.88 Å². The fraction of sp³-hybridized carbons (Fsp3) is 0.455. The lowest BCUT2D eigenvalue weighted by Gasteiger charge is -2.14. The van der Waals surface area contributed by atoms with E-state index in [0.29, 0.717) is 29.8 Å². The Kier molecular flexibility index (Phi) is 6.42. The van der Waals surface area contributed by atoms with E-state index < -0.39 is 29.5 Å². The lowest BCUT2D eigenvalue weighted by molar-refractivity contribution is -0.116. The van der Waals surface area contributed by atoms with E-state index in [2.05, 4.69) is 10.3 Å². The summed E-state index contributed by atoms with van der Waals surface area (Å²) >= 11 is 0. The molecule has 2 heterocycles. The normalized spacial score (nSPS) is 11.6. The Hall–Kier alpha value is -3.23. The van der Waals surface area contributed by atoms with Crippen LogP contribution in [0.25, 0.3) is 11.2 Å². The van der Waals surface area contributed by atoms with Crippen LogP contribution in [0.2, 0.25) is 0 Å². The number of halogens is 1. The number of amides is 1. The number of rotatable bonds is 7. The Morgan fingerprint density at radius 2 is 1.77 bits per heavy atom. The van der Waals surface area contributed by atoms with E-state index in [1.807, 2.05) is 27.7 Å². The SMILES string of the molecule is Cc1ccc(NC(=O)Cn2c(=O)c3c(ncn3CC(C)C)n(CC(C)C)c2=O)cc1F. The lowest BCUT2D eigenvalue weighted by atomic mass is 10.2. The molecule has 2 aromatic heterocycles. The van der Waals surface area contributed by atoms with Crippen LogP contribution in [0.3, 0.4) is 0 Å². The number of nitrogens with zero attached hydrogens (tertiary/aromatic N) is 4. The first-order valence-electron chi connectivity index (χ1n) is 10.3. The van der Waals surface area contributed by atoms with Gasteiger partial charge in [0.2, 0.25) is 5.91 Å². The molecule has 3 rings (SSSR count). The summed E-state index contributed by atoms with van der Waals surface area (Å²) in [6.45, 7) is 10.0. The molecular weight excluding hydrogens is 401 g/mol. The van der Waals surface area contributed by atoms with Crippen molar-refractivity contribution in [3.63, 3.8) is 0 Å². The number of aromatic nitrogens is 4. The van der Waals surface area contributed by atoms with Gasteiger partial charge >= 0.3 is 5.69 Å². The summed E-state index contributed by atoms with van der Waals surface area (Å²) in [5, 5.41) is 2.55. The number of benzene rings is 1. The van der Waals surface area contributed by atoms with Gasteiger partial charge in [0, 0.05) is 18.8 Å². The van der Waals surface area contributed by atoms with Crippen molar-refractivity contribution in [1.29, 1.82) is 0 Å². The summed E-state index contributed by atoms with van der Waals surface area (Å²) in [6.07, 6.45) is 1.56. The Balaban J connectivity index is 2.05. The molecule has 0 aliphatic carbocycles. The van der Waals surface area contributed by atoms with Crippen LogP contribution in [0.15, 0.2) is 34.1 Å². The largest absolute Gasteiger partial charge is 0.333 e. The molecular formula is C22H28FN5O3. The van der Waals surface area contributed by atoms with Crippen molar-refractivity contribution in [2.24, 2.45) is 11.8 Å². The minimum absolute atomic E-state index is 0.131. The Morgan fingerprint density at radius 1 is 1.10 bits per heavy atom. The highest BCUT2D eigenvalue weighted by Crippen LogP contribution is 2.14. The fourth-order valence-electron chi connectivity index (χ4n) is 3.45. The Bertz CT molecular complexity index is 1240. The van der Waals surface area contributed by atoms with Crippen molar-refractivity contribution < 1.29 is 9.18 Å². The quantitative estimate of drug-likeness (QED) is 0.625. The Morgan fingerprint density at radius 3 is 2.39 bits per heavy atom. The van der Waals surface area contributed by atoms with Crippen LogP contribution in [0.4, 0.5) is 10.1 Å². The van der Waals surface area contributed by atoms with Crippen LogP contribution in [-0.2, 0) is 24.4 Å². The van der Waals surface area contributed by atoms with Gasteiger partial charge in [0.25, 0.3) is 5.56 Å². The van der Waals surface area contributed by atoms with Crippen LogP contribution in [0.5, 0.6) is 0 Å². The highest BCUT2D eigenvalue weighted by Gasteiger charge is 2.20. The molecule has 0 bridgehead atoms. The maximum atomic E-state index is 13.8. The predicted octanol–water partition coefficient (Wildman–Crippen LogP) is 2.76. The fourth-order valence-corrected chi connectivity index (χ4v) is 3.45. The van der Waals surface area contributed by atoms with Crippen molar-refractivity contribution in [1.82, 2.24) is 18.7 Å². The predicted molar refractivity (Wildman–Crippen MR) is 118 cm³/mol. The van der Waals surface area contributed by atoms with Crippen LogP contribution < -0.4 is 16.6 Å². The minimum Gasteiger partial charge on any atom is -0.324 e.